The Morgan fingerprint density at radius 1 is 0.197 bits per heavy atom. The van der Waals surface area contributed by atoms with Crippen molar-refractivity contribution < 1.29 is 0 Å². The van der Waals surface area contributed by atoms with E-state index in [2.05, 4.69) is 254 Å². The molecule has 0 unspecified atom stereocenters. The maximum atomic E-state index is 2.36. The Hall–Kier alpha value is -8.00. The van der Waals surface area contributed by atoms with E-state index in [0.717, 1.165) is 17.1 Å². The summed E-state index contributed by atoms with van der Waals surface area (Å²) in [7, 11) is 0. The lowest BCUT2D eigenvalue weighted by molar-refractivity contribution is 1.28. The topological polar surface area (TPSA) is 3.24 Å². The maximum absolute atomic E-state index is 2.36. The van der Waals surface area contributed by atoms with Gasteiger partial charge in [-0.2, -0.15) is 0 Å². The third-order valence-corrected chi connectivity index (χ3v) is 12.0. The predicted octanol–water partition coefficient (Wildman–Crippen LogP) is 17.0. The number of hydrogen-bond donors (Lipinski definition) is 0. The number of rotatable bonds is 8. The Morgan fingerprint density at radius 2 is 0.557 bits per heavy atom. The highest BCUT2D eigenvalue weighted by Crippen LogP contribution is 2.39. The van der Waals surface area contributed by atoms with Crippen LogP contribution in [0.5, 0.6) is 0 Å². The molecule has 0 saturated carbocycles. The summed E-state index contributed by atoms with van der Waals surface area (Å²) >= 11 is 0. The van der Waals surface area contributed by atoms with Gasteiger partial charge in [0.25, 0.3) is 0 Å². The summed E-state index contributed by atoms with van der Waals surface area (Å²) in [5, 5.41) is 7.50. The fourth-order valence-corrected chi connectivity index (χ4v) is 8.79. The van der Waals surface area contributed by atoms with Gasteiger partial charge in [0.1, 0.15) is 0 Å². The van der Waals surface area contributed by atoms with Crippen molar-refractivity contribution in [2.75, 3.05) is 4.90 Å². The maximum Gasteiger partial charge on any atom is 0.0462 e. The van der Waals surface area contributed by atoms with Crippen LogP contribution in [0.4, 0.5) is 17.1 Å². The van der Waals surface area contributed by atoms with Crippen molar-refractivity contribution in [1.29, 1.82) is 0 Å². The standard InChI is InChI=1S/C60H41N/c1-2-12-47(13-3-1)59-19-9-16-48-22-25-55(41-60(48)59)52-18-8-17-51(38-52)44-26-32-56(33-27-44)61(57-34-28-45(29-35-57)53-23-20-42-10-4-6-14-49(42)39-53)58-36-30-46(31-37-58)54-24-21-43-11-5-7-15-50(43)40-54/h1-41H. The Bertz CT molecular complexity index is 3200. The average molecular weight is 776 g/mol. The van der Waals surface area contributed by atoms with Crippen molar-refractivity contribution in [1.82, 2.24) is 0 Å². The molecule has 0 spiro atoms. The van der Waals surface area contributed by atoms with Gasteiger partial charge >= 0.3 is 0 Å². The van der Waals surface area contributed by atoms with E-state index < -0.39 is 0 Å². The Balaban J connectivity index is 0.935. The Kier molecular flexibility index (Phi) is 9.26. The van der Waals surface area contributed by atoms with Crippen molar-refractivity contribution in [2.24, 2.45) is 0 Å². The number of benzene rings is 11. The fraction of sp³-hybridized carbons (Fsp3) is 0. The normalized spacial score (nSPS) is 11.3. The number of fused-ring (bicyclic) bond motifs is 3. The van der Waals surface area contributed by atoms with Gasteiger partial charge in [0.2, 0.25) is 0 Å². The van der Waals surface area contributed by atoms with Crippen molar-refractivity contribution >= 4 is 49.4 Å². The third kappa shape index (κ3) is 7.13. The molecule has 0 radical (unpaired) electrons. The second-order valence-corrected chi connectivity index (χ2v) is 15.8. The second kappa shape index (κ2) is 15.6. The van der Waals surface area contributed by atoms with Gasteiger partial charge in [-0.25, -0.2) is 0 Å². The lowest BCUT2D eigenvalue weighted by atomic mass is 9.93. The van der Waals surface area contributed by atoms with Crippen molar-refractivity contribution in [2.45, 2.75) is 0 Å². The molecule has 0 atom stereocenters. The van der Waals surface area contributed by atoms with E-state index in [1.165, 1.54) is 88.0 Å². The van der Waals surface area contributed by atoms with Gasteiger partial charge in [-0.15, -0.1) is 0 Å². The zero-order valence-corrected chi connectivity index (χ0v) is 33.6. The zero-order chi connectivity index (χ0) is 40.5. The van der Waals surface area contributed by atoms with Crippen molar-refractivity contribution in [3.63, 3.8) is 0 Å². The van der Waals surface area contributed by atoms with Crippen molar-refractivity contribution in [3.8, 4) is 55.6 Å². The fourth-order valence-electron chi connectivity index (χ4n) is 8.79. The van der Waals surface area contributed by atoms with E-state index in [0.29, 0.717) is 0 Å². The lowest BCUT2D eigenvalue weighted by Crippen LogP contribution is -2.09. The van der Waals surface area contributed by atoms with Gasteiger partial charge in [0, 0.05) is 17.1 Å². The van der Waals surface area contributed by atoms with Crippen LogP contribution in [0.3, 0.4) is 0 Å². The summed E-state index contributed by atoms with van der Waals surface area (Å²) in [6.45, 7) is 0. The summed E-state index contributed by atoms with van der Waals surface area (Å²) in [5.41, 5.74) is 15.4. The zero-order valence-electron chi connectivity index (χ0n) is 33.6. The van der Waals surface area contributed by atoms with Crippen LogP contribution in [-0.4, -0.2) is 0 Å². The molecule has 0 bridgehead atoms. The second-order valence-electron chi connectivity index (χ2n) is 15.8. The first kappa shape index (κ1) is 36.1. The van der Waals surface area contributed by atoms with Crippen LogP contribution in [0.25, 0.3) is 88.0 Å². The van der Waals surface area contributed by atoms with Gasteiger partial charge in [0.15, 0.2) is 0 Å². The smallest absolute Gasteiger partial charge is 0.0462 e. The third-order valence-electron chi connectivity index (χ3n) is 12.0. The number of nitrogens with zero attached hydrogens (tertiary/aromatic N) is 1. The molecule has 11 aromatic rings. The van der Waals surface area contributed by atoms with Crippen LogP contribution in [0, 0.1) is 0 Å². The van der Waals surface area contributed by atoms with E-state index in [9.17, 15) is 0 Å². The Labute approximate surface area is 357 Å². The lowest BCUT2D eigenvalue weighted by Gasteiger charge is -2.26. The molecule has 11 aromatic carbocycles. The molecule has 0 aliphatic heterocycles. The highest BCUT2D eigenvalue weighted by Gasteiger charge is 2.15. The quantitative estimate of drug-likeness (QED) is 0.149. The first-order valence-electron chi connectivity index (χ1n) is 21.0. The summed E-state index contributed by atoms with van der Waals surface area (Å²) in [6.07, 6.45) is 0. The number of hydrogen-bond acceptors (Lipinski definition) is 1. The molecule has 1 nitrogen and oxygen atoms in total. The molecular formula is C60H41N. The molecule has 61 heavy (non-hydrogen) atoms. The first-order valence-corrected chi connectivity index (χ1v) is 21.0. The van der Waals surface area contributed by atoms with E-state index >= 15 is 0 Å². The average Bonchev–Trinajstić information content (AvgIpc) is 3.34. The van der Waals surface area contributed by atoms with Crippen molar-refractivity contribution in [3.05, 3.63) is 249 Å². The molecule has 0 N–H and O–H groups in total. The van der Waals surface area contributed by atoms with Gasteiger partial charge in [-0.1, -0.05) is 188 Å². The van der Waals surface area contributed by atoms with E-state index in [4.69, 9.17) is 0 Å². The summed E-state index contributed by atoms with van der Waals surface area (Å²) in [5.74, 6) is 0. The van der Waals surface area contributed by atoms with E-state index in [-0.39, 0.29) is 0 Å². The minimum atomic E-state index is 1.10. The molecule has 11 rings (SSSR count). The van der Waals surface area contributed by atoms with Gasteiger partial charge < -0.3 is 4.90 Å². The van der Waals surface area contributed by atoms with Crippen LogP contribution in [-0.2, 0) is 0 Å². The van der Waals surface area contributed by atoms with Crippen LogP contribution >= 0.6 is 0 Å². The van der Waals surface area contributed by atoms with Gasteiger partial charge in [-0.05, 0) is 149 Å². The molecule has 286 valence electrons. The van der Waals surface area contributed by atoms with E-state index in [1.807, 2.05) is 0 Å². The summed E-state index contributed by atoms with van der Waals surface area (Å²) < 4.78 is 0. The van der Waals surface area contributed by atoms with E-state index in [1.54, 1.807) is 0 Å². The molecular weight excluding hydrogens is 735 g/mol. The molecule has 0 aromatic heterocycles. The number of anilines is 3. The molecule has 0 saturated heterocycles. The van der Waals surface area contributed by atoms with Crippen LogP contribution in [0.15, 0.2) is 249 Å². The predicted molar refractivity (Wildman–Crippen MR) is 261 cm³/mol. The molecule has 0 amide bonds. The molecule has 0 aliphatic rings. The first-order chi connectivity index (χ1) is 30.2. The van der Waals surface area contributed by atoms with Crippen LogP contribution < -0.4 is 4.90 Å². The molecule has 0 heterocycles. The monoisotopic (exact) mass is 775 g/mol. The minimum absolute atomic E-state index is 1.10. The minimum Gasteiger partial charge on any atom is -0.311 e. The van der Waals surface area contributed by atoms with Crippen LogP contribution in [0.1, 0.15) is 0 Å². The Morgan fingerprint density at radius 3 is 1.08 bits per heavy atom. The van der Waals surface area contributed by atoms with Crippen LogP contribution in [0.2, 0.25) is 0 Å². The largest absolute Gasteiger partial charge is 0.311 e. The molecule has 1 heteroatoms. The summed E-state index contributed by atoms with van der Waals surface area (Å²) in [6, 6.07) is 90.4. The van der Waals surface area contributed by atoms with Gasteiger partial charge in [0.05, 0.1) is 0 Å². The molecule has 0 fully saturated rings. The summed E-state index contributed by atoms with van der Waals surface area (Å²) in [4.78, 5) is 2.36. The highest BCUT2D eigenvalue weighted by molar-refractivity contribution is 5.99. The van der Waals surface area contributed by atoms with Gasteiger partial charge in [-0.3, -0.25) is 0 Å². The SMILES string of the molecule is c1ccc(-c2cccc3ccc(-c4cccc(-c5ccc(N(c6ccc(-c7ccc8ccccc8c7)cc6)c6ccc(-c7ccc8ccccc8c7)cc6)cc5)c4)cc23)cc1. The highest BCUT2D eigenvalue weighted by atomic mass is 15.1. The molecule has 0 aliphatic carbocycles.